The maximum Gasteiger partial charge on any atom is 0.330 e. The van der Waals surface area contributed by atoms with Crippen molar-refractivity contribution in [3.63, 3.8) is 0 Å². The Morgan fingerprint density at radius 3 is 2.16 bits per heavy atom. The first-order valence-electron chi connectivity index (χ1n) is 15.1. The molecule has 0 aliphatic rings. The van der Waals surface area contributed by atoms with Crippen molar-refractivity contribution in [2.45, 2.75) is 64.6 Å². The molecule has 3 unspecified atom stereocenters. The highest BCUT2D eigenvalue weighted by molar-refractivity contribution is 6.01. The van der Waals surface area contributed by atoms with Gasteiger partial charge in [0.05, 0.1) is 6.61 Å². The van der Waals surface area contributed by atoms with E-state index in [0.29, 0.717) is 12.0 Å². The maximum absolute atomic E-state index is 13.7. The van der Waals surface area contributed by atoms with E-state index in [-0.39, 0.29) is 31.8 Å². The van der Waals surface area contributed by atoms with E-state index in [4.69, 9.17) is 10.5 Å². The van der Waals surface area contributed by atoms with Crippen LogP contribution in [-0.4, -0.2) is 54.3 Å². The van der Waals surface area contributed by atoms with E-state index in [2.05, 4.69) is 16.0 Å². The highest BCUT2D eigenvalue weighted by Gasteiger charge is 2.29. The Morgan fingerprint density at radius 1 is 0.822 bits per heavy atom. The van der Waals surface area contributed by atoms with Gasteiger partial charge >= 0.3 is 5.97 Å². The molecular formula is C35H42N4O6. The third-order valence-electron chi connectivity index (χ3n) is 7.04. The summed E-state index contributed by atoms with van der Waals surface area (Å²) in [6.45, 7) is 5.74. The summed E-state index contributed by atoms with van der Waals surface area (Å²) in [7, 11) is 0. The summed E-state index contributed by atoms with van der Waals surface area (Å²) in [4.78, 5) is 64.0. The fourth-order valence-electron chi connectivity index (χ4n) is 4.79. The molecule has 0 aliphatic heterocycles. The third-order valence-corrected chi connectivity index (χ3v) is 7.04. The van der Waals surface area contributed by atoms with Crippen LogP contribution in [0.4, 0.5) is 0 Å². The zero-order valence-electron chi connectivity index (χ0n) is 26.0. The molecule has 3 aromatic rings. The smallest absolute Gasteiger partial charge is 0.330 e. The third kappa shape index (κ3) is 11.6. The minimum atomic E-state index is -1.03. The number of carbonyl (C=O) groups excluding carboxylic acids is 5. The minimum absolute atomic E-state index is 0.0366. The molecule has 0 saturated heterocycles. The predicted octanol–water partition coefficient (Wildman–Crippen LogP) is 3.58. The molecule has 10 heteroatoms. The van der Waals surface area contributed by atoms with Crippen LogP contribution in [0, 0.1) is 5.92 Å². The number of rotatable bonds is 16. The Labute approximate surface area is 263 Å². The molecule has 0 saturated carbocycles. The fraction of sp³-hybridized carbons (Fsp3) is 0.343. The normalized spacial score (nSPS) is 13.2. The number of nitrogens with one attached hydrogen (secondary N) is 3. The lowest BCUT2D eigenvalue weighted by Crippen LogP contribution is -2.55. The summed E-state index contributed by atoms with van der Waals surface area (Å²) in [5, 5.41) is 10.4. The molecule has 0 spiro atoms. The molecule has 0 heterocycles. The largest absolute Gasteiger partial charge is 0.463 e. The van der Waals surface area contributed by atoms with Gasteiger partial charge in [0.2, 0.25) is 17.7 Å². The second-order valence-corrected chi connectivity index (χ2v) is 11.2. The van der Waals surface area contributed by atoms with Gasteiger partial charge in [-0.3, -0.25) is 19.2 Å². The molecule has 5 N–H and O–H groups in total. The van der Waals surface area contributed by atoms with Crippen molar-refractivity contribution in [3.05, 3.63) is 96.1 Å². The SMILES string of the molecule is CCOC(=O)C=CC(CCC(N)=O)NC(=O)C(Cc1ccccc1)NC(=O)C(CC(C)C)NC(=O)c1ccc2ccccc2c1. The van der Waals surface area contributed by atoms with Gasteiger partial charge in [0.15, 0.2) is 0 Å². The summed E-state index contributed by atoms with van der Waals surface area (Å²) in [5.41, 5.74) is 6.54. The summed E-state index contributed by atoms with van der Waals surface area (Å²) in [5.74, 6) is -2.54. The first-order valence-corrected chi connectivity index (χ1v) is 15.1. The Bertz CT molecular complexity index is 1500. The second kappa shape index (κ2) is 17.3. The van der Waals surface area contributed by atoms with Crippen molar-refractivity contribution in [2.75, 3.05) is 6.61 Å². The van der Waals surface area contributed by atoms with Crippen LogP contribution in [0.2, 0.25) is 0 Å². The highest BCUT2D eigenvalue weighted by atomic mass is 16.5. The van der Waals surface area contributed by atoms with Gasteiger partial charge < -0.3 is 26.4 Å². The van der Waals surface area contributed by atoms with Crippen LogP contribution in [0.1, 0.15) is 56.0 Å². The molecule has 3 aromatic carbocycles. The van der Waals surface area contributed by atoms with Crippen LogP contribution < -0.4 is 21.7 Å². The van der Waals surface area contributed by atoms with Gasteiger partial charge in [-0.2, -0.15) is 0 Å². The number of benzene rings is 3. The van der Waals surface area contributed by atoms with E-state index in [0.717, 1.165) is 16.3 Å². The molecule has 45 heavy (non-hydrogen) atoms. The van der Waals surface area contributed by atoms with Crippen molar-refractivity contribution >= 4 is 40.4 Å². The first-order chi connectivity index (χ1) is 21.5. The van der Waals surface area contributed by atoms with Crippen LogP contribution in [0.3, 0.4) is 0 Å². The monoisotopic (exact) mass is 614 g/mol. The van der Waals surface area contributed by atoms with E-state index in [1.807, 2.05) is 74.5 Å². The van der Waals surface area contributed by atoms with Gasteiger partial charge in [0.25, 0.3) is 5.91 Å². The number of amides is 4. The van der Waals surface area contributed by atoms with Crippen molar-refractivity contribution in [2.24, 2.45) is 11.7 Å². The topological polar surface area (TPSA) is 157 Å². The number of nitrogens with two attached hydrogens (primary N) is 1. The van der Waals surface area contributed by atoms with E-state index in [1.54, 1.807) is 19.1 Å². The van der Waals surface area contributed by atoms with E-state index in [1.165, 1.54) is 12.2 Å². The van der Waals surface area contributed by atoms with Crippen LogP contribution >= 0.6 is 0 Å². The van der Waals surface area contributed by atoms with Crippen molar-refractivity contribution in [3.8, 4) is 0 Å². The fourth-order valence-corrected chi connectivity index (χ4v) is 4.79. The molecule has 238 valence electrons. The van der Waals surface area contributed by atoms with E-state index >= 15 is 0 Å². The number of hydrogen-bond acceptors (Lipinski definition) is 6. The average Bonchev–Trinajstić information content (AvgIpc) is 3.01. The van der Waals surface area contributed by atoms with Gasteiger partial charge in [0.1, 0.15) is 12.1 Å². The summed E-state index contributed by atoms with van der Waals surface area (Å²) < 4.78 is 4.92. The number of ether oxygens (including phenoxy) is 1. The van der Waals surface area contributed by atoms with Gasteiger partial charge in [-0.15, -0.1) is 0 Å². The molecular weight excluding hydrogens is 572 g/mol. The Hall–Kier alpha value is -4.99. The minimum Gasteiger partial charge on any atom is -0.463 e. The van der Waals surface area contributed by atoms with Crippen molar-refractivity contribution in [1.82, 2.24) is 16.0 Å². The predicted molar refractivity (Wildman–Crippen MR) is 173 cm³/mol. The molecule has 3 atom stereocenters. The van der Waals surface area contributed by atoms with Crippen molar-refractivity contribution in [1.29, 1.82) is 0 Å². The van der Waals surface area contributed by atoms with Gasteiger partial charge in [-0.1, -0.05) is 80.6 Å². The number of carbonyl (C=O) groups is 5. The lowest BCUT2D eigenvalue weighted by Gasteiger charge is -2.26. The Kier molecular flexibility index (Phi) is 13.3. The summed E-state index contributed by atoms with van der Waals surface area (Å²) in [6, 6.07) is 19.5. The van der Waals surface area contributed by atoms with Crippen LogP contribution in [0.5, 0.6) is 0 Å². The molecule has 0 aliphatic carbocycles. The summed E-state index contributed by atoms with van der Waals surface area (Å²) in [6.07, 6.45) is 3.22. The molecule has 0 bridgehead atoms. The number of hydrogen-bond donors (Lipinski definition) is 4. The van der Waals surface area contributed by atoms with Gasteiger partial charge in [-0.25, -0.2) is 4.79 Å². The highest BCUT2D eigenvalue weighted by Crippen LogP contribution is 2.16. The molecule has 0 aromatic heterocycles. The van der Waals surface area contributed by atoms with Crippen molar-refractivity contribution < 1.29 is 28.7 Å². The number of esters is 1. The molecule has 0 radical (unpaired) electrons. The number of primary amides is 1. The maximum atomic E-state index is 13.7. The van der Waals surface area contributed by atoms with E-state index in [9.17, 15) is 24.0 Å². The number of fused-ring (bicyclic) bond motifs is 1. The average molecular weight is 615 g/mol. The lowest BCUT2D eigenvalue weighted by atomic mass is 10.00. The zero-order chi connectivity index (χ0) is 32.8. The Balaban J connectivity index is 1.82. The van der Waals surface area contributed by atoms with Crippen LogP contribution in [0.25, 0.3) is 10.8 Å². The summed E-state index contributed by atoms with van der Waals surface area (Å²) >= 11 is 0. The standard InChI is InChI=1S/C35H42N4O6/c1-4-45-32(41)19-17-28(16-18-31(36)40)37-34(43)30(21-24-10-6-5-7-11-24)39-35(44)29(20-23(2)3)38-33(42)27-15-14-25-12-8-9-13-26(25)22-27/h5-15,17,19,22-23,28-30H,4,16,18,20-21H2,1-3H3,(H2,36,40)(H,37,43)(H,38,42)(H,39,44). The Morgan fingerprint density at radius 2 is 1.49 bits per heavy atom. The molecule has 4 amide bonds. The first kappa shape index (κ1) is 34.5. The molecule has 10 nitrogen and oxygen atoms in total. The van der Waals surface area contributed by atoms with Gasteiger partial charge in [0, 0.05) is 30.5 Å². The molecule has 3 rings (SSSR count). The van der Waals surface area contributed by atoms with Gasteiger partial charge in [-0.05, 0) is 54.2 Å². The van der Waals surface area contributed by atoms with Crippen LogP contribution in [-0.2, 0) is 30.3 Å². The quantitative estimate of drug-likeness (QED) is 0.143. The zero-order valence-corrected chi connectivity index (χ0v) is 26.0. The second-order valence-electron chi connectivity index (χ2n) is 11.2. The van der Waals surface area contributed by atoms with E-state index < -0.39 is 47.7 Å². The van der Waals surface area contributed by atoms with Crippen LogP contribution in [0.15, 0.2) is 84.9 Å². The lowest BCUT2D eigenvalue weighted by molar-refractivity contribution is -0.137. The molecule has 0 fully saturated rings.